The van der Waals surface area contributed by atoms with Gasteiger partial charge in [-0.05, 0) is 36.5 Å². The molecule has 1 fully saturated rings. The summed E-state index contributed by atoms with van der Waals surface area (Å²) >= 11 is 5.82. The monoisotopic (exact) mass is 251 g/mol. The summed E-state index contributed by atoms with van der Waals surface area (Å²) in [5.74, 6) is -0.687. The van der Waals surface area contributed by atoms with E-state index in [1.807, 2.05) is 12.1 Å². The Bertz CT molecular complexity index is 410. The molecule has 17 heavy (non-hydrogen) atoms. The molecule has 2 rings (SSSR count). The van der Waals surface area contributed by atoms with E-state index in [1.54, 1.807) is 12.1 Å². The number of benzene rings is 1. The smallest absolute Gasteiger partial charge is 0.268 e. The fourth-order valence-electron chi connectivity index (χ4n) is 2.63. The zero-order valence-electron chi connectivity index (χ0n) is 9.43. The van der Waals surface area contributed by atoms with E-state index < -0.39 is 5.91 Å². The lowest BCUT2D eigenvalue weighted by Gasteiger charge is -2.19. The lowest BCUT2D eigenvalue weighted by Crippen LogP contribution is -2.18. The summed E-state index contributed by atoms with van der Waals surface area (Å²) in [4.78, 5) is 22.2. The molecule has 0 N–H and O–H groups in total. The Morgan fingerprint density at radius 3 is 2.35 bits per heavy atom. The highest BCUT2D eigenvalue weighted by Gasteiger charge is 2.32. The maximum atomic E-state index is 11.7. The average Bonchev–Trinajstić information content (AvgIpc) is 2.85. The molecule has 4 heteroatoms. The standard InChI is InChI=1S/C13H14ClNO2/c14-11-7-5-10(6-8-11)12(13(16)15-17)9-3-1-2-4-9/h5-9,12H,1-4H2. The minimum absolute atomic E-state index is 0.251. The Labute approximate surface area is 105 Å². The van der Waals surface area contributed by atoms with E-state index in [-0.39, 0.29) is 11.8 Å². The fourth-order valence-corrected chi connectivity index (χ4v) is 2.76. The number of hydrogen-bond acceptors (Lipinski definition) is 2. The minimum Gasteiger partial charge on any atom is -0.268 e. The van der Waals surface area contributed by atoms with Crippen molar-refractivity contribution in [3.63, 3.8) is 0 Å². The van der Waals surface area contributed by atoms with Gasteiger partial charge in [-0.3, -0.25) is 4.79 Å². The van der Waals surface area contributed by atoms with Crippen LogP contribution in [0.2, 0.25) is 5.02 Å². The second kappa shape index (κ2) is 5.41. The quantitative estimate of drug-likeness (QED) is 0.765. The number of halogens is 1. The molecule has 0 aliphatic heterocycles. The van der Waals surface area contributed by atoms with Crippen LogP contribution in [0, 0.1) is 10.8 Å². The van der Waals surface area contributed by atoms with Gasteiger partial charge in [0.05, 0.1) is 5.92 Å². The molecule has 1 aliphatic rings. The van der Waals surface area contributed by atoms with E-state index in [9.17, 15) is 9.70 Å². The van der Waals surface area contributed by atoms with Crippen LogP contribution in [0.3, 0.4) is 0 Å². The van der Waals surface area contributed by atoms with E-state index in [1.165, 1.54) is 0 Å². The molecule has 90 valence electrons. The predicted molar refractivity (Wildman–Crippen MR) is 67.0 cm³/mol. The first kappa shape index (κ1) is 12.2. The highest BCUT2D eigenvalue weighted by Crippen LogP contribution is 2.38. The summed E-state index contributed by atoms with van der Waals surface area (Å²) in [6.45, 7) is 0. The number of carbonyl (C=O) groups is 1. The zero-order valence-corrected chi connectivity index (χ0v) is 10.2. The summed E-state index contributed by atoms with van der Waals surface area (Å²) < 4.78 is 0. The van der Waals surface area contributed by atoms with Crippen LogP contribution in [0.15, 0.2) is 29.4 Å². The topological polar surface area (TPSA) is 46.5 Å². The molecule has 1 atom stereocenters. The SMILES string of the molecule is O=NC(=O)C(c1ccc(Cl)cc1)C1CCCC1. The molecule has 1 aliphatic carbocycles. The van der Waals surface area contributed by atoms with Crippen molar-refractivity contribution in [1.29, 1.82) is 0 Å². The van der Waals surface area contributed by atoms with Gasteiger partial charge in [0.1, 0.15) is 0 Å². The molecular weight excluding hydrogens is 238 g/mol. The van der Waals surface area contributed by atoms with Gasteiger partial charge in [0, 0.05) is 10.2 Å². The predicted octanol–water partition coefficient (Wildman–Crippen LogP) is 3.91. The van der Waals surface area contributed by atoms with Crippen LogP contribution in [0.4, 0.5) is 0 Å². The maximum absolute atomic E-state index is 11.7. The van der Waals surface area contributed by atoms with Gasteiger partial charge in [0.2, 0.25) is 0 Å². The van der Waals surface area contributed by atoms with Crippen LogP contribution in [0.25, 0.3) is 0 Å². The largest absolute Gasteiger partial charge is 0.294 e. The molecule has 0 spiro atoms. The van der Waals surface area contributed by atoms with Gasteiger partial charge in [-0.15, -0.1) is 4.91 Å². The highest BCUT2D eigenvalue weighted by molar-refractivity contribution is 6.30. The van der Waals surface area contributed by atoms with Crippen molar-refractivity contribution in [2.24, 2.45) is 11.1 Å². The molecule has 1 saturated carbocycles. The normalized spacial score (nSPS) is 17.9. The molecular formula is C13H14ClNO2. The Balaban J connectivity index is 2.28. The van der Waals surface area contributed by atoms with Crippen molar-refractivity contribution >= 4 is 17.5 Å². The summed E-state index contributed by atoms with van der Waals surface area (Å²) in [6.07, 6.45) is 4.24. The third kappa shape index (κ3) is 2.72. The Morgan fingerprint density at radius 1 is 1.24 bits per heavy atom. The van der Waals surface area contributed by atoms with E-state index in [0.29, 0.717) is 5.02 Å². The molecule has 0 saturated heterocycles. The van der Waals surface area contributed by atoms with Crippen molar-refractivity contribution in [2.75, 3.05) is 0 Å². The van der Waals surface area contributed by atoms with Gasteiger partial charge in [-0.2, -0.15) is 0 Å². The van der Waals surface area contributed by atoms with Crippen molar-refractivity contribution in [1.82, 2.24) is 0 Å². The van der Waals surface area contributed by atoms with E-state index in [0.717, 1.165) is 31.2 Å². The number of carbonyl (C=O) groups excluding carboxylic acids is 1. The molecule has 0 bridgehead atoms. The van der Waals surface area contributed by atoms with Gasteiger partial charge in [-0.25, -0.2) is 0 Å². The summed E-state index contributed by atoms with van der Waals surface area (Å²) in [5.41, 5.74) is 0.853. The summed E-state index contributed by atoms with van der Waals surface area (Å²) in [5, 5.41) is 3.24. The van der Waals surface area contributed by atoms with Crippen LogP contribution in [0.1, 0.15) is 37.2 Å². The van der Waals surface area contributed by atoms with Crippen LogP contribution in [-0.4, -0.2) is 5.91 Å². The van der Waals surface area contributed by atoms with Gasteiger partial charge >= 0.3 is 0 Å². The third-order valence-corrected chi connectivity index (χ3v) is 3.71. The van der Waals surface area contributed by atoms with E-state index in [4.69, 9.17) is 11.6 Å². The van der Waals surface area contributed by atoms with Crippen molar-refractivity contribution in [2.45, 2.75) is 31.6 Å². The van der Waals surface area contributed by atoms with Crippen LogP contribution >= 0.6 is 11.6 Å². The number of rotatable bonds is 3. The first-order valence-electron chi connectivity index (χ1n) is 5.85. The Kier molecular flexibility index (Phi) is 3.89. The first-order chi connectivity index (χ1) is 8.22. The second-order valence-corrected chi connectivity index (χ2v) is 4.94. The van der Waals surface area contributed by atoms with Crippen molar-refractivity contribution in [3.05, 3.63) is 39.8 Å². The summed E-state index contributed by atoms with van der Waals surface area (Å²) in [6, 6.07) is 7.12. The van der Waals surface area contributed by atoms with Crippen LogP contribution in [0.5, 0.6) is 0 Å². The maximum Gasteiger partial charge on any atom is 0.294 e. The molecule has 1 aromatic carbocycles. The van der Waals surface area contributed by atoms with Gasteiger partial charge in [-0.1, -0.05) is 36.6 Å². The number of amides is 1. The number of nitrogens with zero attached hydrogens (tertiary/aromatic N) is 1. The van der Waals surface area contributed by atoms with E-state index >= 15 is 0 Å². The van der Waals surface area contributed by atoms with Gasteiger partial charge in [0.15, 0.2) is 0 Å². The van der Waals surface area contributed by atoms with Crippen molar-refractivity contribution < 1.29 is 4.79 Å². The molecule has 1 amide bonds. The van der Waals surface area contributed by atoms with Gasteiger partial charge in [0.25, 0.3) is 5.91 Å². The van der Waals surface area contributed by atoms with Gasteiger partial charge < -0.3 is 0 Å². The molecule has 1 unspecified atom stereocenters. The second-order valence-electron chi connectivity index (χ2n) is 4.50. The lowest BCUT2D eigenvalue weighted by atomic mass is 9.84. The number of hydrogen-bond donors (Lipinski definition) is 0. The van der Waals surface area contributed by atoms with E-state index in [2.05, 4.69) is 5.18 Å². The fraction of sp³-hybridized carbons (Fsp3) is 0.462. The average molecular weight is 252 g/mol. The molecule has 0 heterocycles. The Hall–Kier alpha value is -1.22. The zero-order chi connectivity index (χ0) is 12.3. The van der Waals surface area contributed by atoms with Crippen LogP contribution in [-0.2, 0) is 4.79 Å². The minimum atomic E-state index is -0.556. The molecule has 1 aromatic rings. The molecule has 0 aromatic heterocycles. The number of nitroso groups, excluding NO2 is 1. The highest BCUT2D eigenvalue weighted by atomic mass is 35.5. The van der Waals surface area contributed by atoms with Crippen molar-refractivity contribution in [3.8, 4) is 0 Å². The van der Waals surface area contributed by atoms with Crippen LogP contribution < -0.4 is 0 Å². The third-order valence-electron chi connectivity index (χ3n) is 3.46. The Morgan fingerprint density at radius 2 is 1.82 bits per heavy atom. The summed E-state index contributed by atoms with van der Waals surface area (Å²) in [7, 11) is 0. The molecule has 3 nitrogen and oxygen atoms in total. The lowest BCUT2D eigenvalue weighted by molar-refractivity contribution is -0.120. The first-order valence-corrected chi connectivity index (χ1v) is 6.23. The molecule has 0 radical (unpaired) electrons.